The molecule has 1 rings (SSSR count). The summed E-state index contributed by atoms with van der Waals surface area (Å²) in [6.07, 6.45) is 0. The number of hydrogen-bond acceptors (Lipinski definition) is 3. The second kappa shape index (κ2) is 5.26. The van der Waals surface area contributed by atoms with Gasteiger partial charge in [0.15, 0.2) is 0 Å². The quantitative estimate of drug-likeness (QED) is 0.785. The highest BCUT2D eigenvalue weighted by molar-refractivity contribution is 9.10. The molecule has 1 atom stereocenters. The van der Waals surface area contributed by atoms with E-state index in [1.165, 1.54) is 0 Å². The van der Waals surface area contributed by atoms with E-state index < -0.39 is 0 Å². The third-order valence-electron chi connectivity index (χ3n) is 2.08. The molecule has 82 valence electrons. The summed E-state index contributed by atoms with van der Waals surface area (Å²) in [6.45, 7) is 6.06. The van der Waals surface area contributed by atoms with E-state index in [1.807, 2.05) is 26.0 Å². The second-order valence-corrected chi connectivity index (χ2v) is 4.43. The minimum Gasteiger partial charge on any atom is -0.491 e. The van der Waals surface area contributed by atoms with Crippen molar-refractivity contribution in [2.75, 3.05) is 6.61 Å². The minimum absolute atomic E-state index is 0.311. The molecule has 1 aromatic rings. The zero-order valence-electron chi connectivity index (χ0n) is 9.08. The van der Waals surface area contributed by atoms with Crippen molar-refractivity contribution in [3.8, 4) is 5.75 Å². The van der Waals surface area contributed by atoms with E-state index in [-0.39, 0.29) is 6.04 Å². The van der Waals surface area contributed by atoms with Gasteiger partial charge in [-0.1, -0.05) is 21.1 Å². The highest BCUT2D eigenvalue weighted by Crippen LogP contribution is 2.26. The average molecular weight is 272 g/mol. The molecule has 0 N–H and O–H groups in total. The van der Waals surface area contributed by atoms with Crippen LogP contribution in [0, 0.1) is 18.8 Å². The van der Waals surface area contributed by atoms with Gasteiger partial charge in [-0.3, -0.25) is 0 Å². The van der Waals surface area contributed by atoms with Crippen LogP contribution in [0.5, 0.6) is 5.75 Å². The molecular weight excluding hydrogens is 258 g/mol. The fourth-order valence-electron chi connectivity index (χ4n) is 1.24. The van der Waals surface area contributed by atoms with Crippen molar-refractivity contribution >= 4 is 15.9 Å². The van der Waals surface area contributed by atoms with Crippen LogP contribution in [-0.4, -0.2) is 12.6 Å². The smallest absolute Gasteiger partial charge is 0.123 e. The molecule has 15 heavy (non-hydrogen) atoms. The number of aryl methyl sites for hydroxylation is 2. The van der Waals surface area contributed by atoms with Gasteiger partial charge in [-0.2, -0.15) is 4.91 Å². The molecule has 0 saturated heterocycles. The number of hydrogen-bond donors (Lipinski definition) is 0. The molecule has 0 radical (unpaired) electrons. The summed E-state index contributed by atoms with van der Waals surface area (Å²) in [4.78, 5) is 10.2. The fourth-order valence-corrected chi connectivity index (χ4v) is 1.47. The molecule has 0 spiro atoms. The van der Waals surface area contributed by atoms with Crippen LogP contribution in [0.25, 0.3) is 0 Å². The predicted octanol–water partition coefficient (Wildman–Crippen LogP) is 3.60. The molecule has 1 unspecified atom stereocenters. The van der Waals surface area contributed by atoms with E-state index in [9.17, 15) is 4.91 Å². The summed E-state index contributed by atoms with van der Waals surface area (Å²) in [7, 11) is 0. The van der Waals surface area contributed by atoms with Gasteiger partial charge in [0.2, 0.25) is 0 Å². The fraction of sp³-hybridized carbons (Fsp3) is 0.455. The van der Waals surface area contributed by atoms with Gasteiger partial charge in [-0.15, -0.1) is 0 Å². The lowest BCUT2D eigenvalue weighted by Gasteiger charge is -2.10. The first-order valence-corrected chi connectivity index (χ1v) is 5.56. The second-order valence-electron chi connectivity index (χ2n) is 3.64. The Kier molecular flexibility index (Phi) is 4.27. The molecule has 0 amide bonds. The van der Waals surface area contributed by atoms with Crippen LogP contribution in [0.1, 0.15) is 18.1 Å². The lowest BCUT2D eigenvalue weighted by Crippen LogP contribution is -2.11. The molecule has 0 saturated carbocycles. The third-order valence-corrected chi connectivity index (χ3v) is 3.33. The summed E-state index contributed by atoms with van der Waals surface area (Å²) >= 11 is 3.48. The van der Waals surface area contributed by atoms with Gasteiger partial charge in [0.25, 0.3) is 0 Å². The van der Waals surface area contributed by atoms with Crippen molar-refractivity contribution in [3.05, 3.63) is 32.6 Å². The standard InChI is InChI=1S/C11H14BrNO2/c1-7-4-10(5-8(2)11(7)12)15-6-9(3)13-14/h4-5,9H,6H2,1-3H3. The number of rotatable bonds is 4. The zero-order valence-corrected chi connectivity index (χ0v) is 10.7. The van der Waals surface area contributed by atoms with Crippen molar-refractivity contribution in [1.29, 1.82) is 0 Å². The van der Waals surface area contributed by atoms with Gasteiger partial charge in [0.05, 0.1) is 0 Å². The lowest BCUT2D eigenvalue weighted by atomic mass is 10.1. The Morgan fingerprint density at radius 3 is 2.40 bits per heavy atom. The molecule has 0 fully saturated rings. The predicted molar refractivity (Wildman–Crippen MR) is 64.4 cm³/mol. The van der Waals surface area contributed by atoms with Gasteiger partial charge < -0.3 is 4.74 Å². The number of nitrogens with zero attached hydrogens (tertiary/aromatic N) is 1. The Morgan fingerprint density at radius 2 is 1.93 bits per heavy atom. The summed E-state index contributed by atoms with van der Waals surface area (Å²) < 4.78 is 6.55. The van der Waals surface area contributed by atoms with E-state index in [0.717, 1.165) is 21.3 Å². The van der Waals surface area contributed by atoms with Crippen LogP contribution < -0.4 is 4.74 Å². The van der Waals surface area contributed by atoms with Crippen LogP contribution in [0.4, 0.5) is 0 Å². The van der Waals surface area contributed by atoms with E-state index >= 15 is 0 Å². The Hall–Kier alpha value is -0.900. The molecule has 0 aromatic heterocycles. The summed E-state index contributed by atoms with van der Waals surface area (Å²) in [5, 5.41) is 2.88. The maximum absolute atomic E-state index is 10.2. The van der Waals surface area contributed by atoms with Crippen molar-refractivity contribution in [2.24, 2.45) is 5.18 Å². The summed E-state index contributed by atoms with van der Waals surface area (Å²) in [6, 6.07) is 3.57. The number of halogens is 1. The van der Waals surface area contributed by atoms with Gasteiger partial charge >= 0.3 is 0 Å². The normalized spacial score (nSPS) is 12.3. The molecule has 0 aliphatic carbocycles. The van der Waals surface area contributed by atoms with Gasteiger partial charge in [0, 0.05) is 4.47 Å². The molecule has 0 bridgehead atoms. The first-order valence-electron chi connectivity index (χ1n) is 4.76. The maximum Gasteiger partial charge on any atom is 0.123 e. The SMILES string of the molecule is Cc1cc(OCC(C)N=O)cc(C)c1Br. The number of benzene rings is 1. The first kappa shape index (κ1) is 12.2. The summed E-state index contributed by atoms with van der Waals surface area (Å²) in [5.41, 5.74) is 2.24. The minimum atomic E-state index is -0.311. The van der Waals surface area contributed by atoms with Crippen LogP contribution in [0.2, 0.25) is 0 Å². The van der Waals surface area contributed by atoms with E-state index in [2.05, 4.69) is 21.1 Å². The van der Waals surface area contributed by atoms with Gasteiger partial charge in [-0.05, 0) is 44.0 Å². The lowest BCUT2D eigenvalue weighted by molar-refractivity contribution is 0.296. The van der Waals surface area contributed by atoms with Crippen LogP contribution in [-0.2, 0) is 0 Å². The Labute approximate surface area is 97.9 Å². The van der Waals surface area contributed by atoms with E-state index in [1.54, 1.807) is 6.92 Å². The molecule has 0 heterocycles. The molecule has 1 aromatic carbocycles. The number of ether oxygens (including phenoxy) is 1. The molecule has 0 aliphatic rings. The van der Waals surface area contributed by atoms with Crippen molar-refractivity contribution in [1.82, 2.24) is 0 Å². The highest BCUT2D eigenvalue weighted by Gasteiger charge is 2.05. The maximum atomic E-state index is 10.2. The van der Waals surface area contributed by atoms with E-state index in [0.29, 0.717) is 6.61 Å². The zero-order chi connectivity index (χ0) is 11.4. The van der Waals surface area contributed by atoms with Crippen molar-refractivity contribution in [2.45, 2.75) is 26.8 Å². The highest BCUT2D eigenvalue weighted by atomic mass is 79.9. The Balaban J connectivity index is 2.74. The Bertz CT molecular complexity index is 343. The molecule has 0 aliphatic heterocycles. The monoisotopic (exact) mass is 271 g/mol. The van der Waals surface area contributed by atoms with Crippen LogP contribution >= 0.6 is 15.9 Å². The van der Waals surface area contributed by atoms with Crippen LogP contribution in [0.15, 0.2) is 21.8 Å². The number of nitroso groups, excluding NO2 is 1. The van der Waals surface area contributed by atoms with Crippen molar-refractivity contribution in [3.63, 3.8) is 0 Å². The van der Waals surface area contributed by atoms with Crippen molar-refractivity contribution < 1.29 is 4.74 Å². The first-order chi connectivity index (χ1) is 7.04. The van der Waals surface area contributed by atoms with Gasteiger partial charge in [0.1, 0.15) is 18.4 Å². The Morgan fingerprint density at radius 1 is 1.40 bits per heavy atom. The summed E-state index contributed by atoms with van der Waals surface area (Å²) in [5.74, 6) is 0.781. The van der Waals surface area contributed by atoms with E-state index in [4.69, 9.17) is 4.74 Å². The topological polar surface area (TPSA) is 38.7 Å². The van der Waals surface area contributed by atoms with Crippen LogP contribution in [0.3, 0.4) is 0 Å². The average Bonchev–Trinajstić information content (AvgIpc) is 2.22. The largest absolute Gasteiger partial charge is 0.491 e. The third kappa shape index (κ3) is 3.30. The molecule has 4 heteroatoms. The molecule has 3 nitrogen and oxygen atoms in total. The molecular formula is C11H14BrNO2. The van der Waals surface area contributed by atoms with Gasteiger partial charge in [-0.25, -0.2) is 0 Å².